The van der Waals surface area contributed by atoms with E-state index in [1.807, 2.05) is 32.2 Å². The molecular weight excluding hydrogens is 947 g/mol. The molecule has 2 heterocycles. The molecule has 2 aliphatic heterocycles. The van der Waals surface area contributed by atoms with Crippen LogP contribution in [0.25, 0.3) is 0 Å². The van der Waals surface area contributed by atoms with E-state index < -0.39 is 39.5 Å². The molecule has 18 atom stereocenters. The minimum atomic E-state index is -0.918. The summed E-state index contributed by atoms with van der Waals surface area (Å²) in [5.41, 5.74) is 9.31. The Hall–Kier alpha value is -3.12. The number of nitrogen functional groups attached to an aromatic ring is 1. The molecule has 0 bridgehead atoms. The van der Waals surface area contributed by atoms with Gasteiger partial charge in [-0.1, -0.05) is 89.0 Å². The number of epoxide rings is 1. The van der Waals surface area contributed by atoms with E-state index in [0.29, 0.717) is 68.2 Å². The van der Waals surface area contributed by atoms with Crippen LogP contribution in [0.5, 0.6) is 5.75 Å². The topological polar surface area (TPSA) is 178 Å². The van der Waals surface area contributed by atoms with E-state index >= 15 is 9.59 Å². The molecule has 2 saturated heterocycles. The van der Waals surface area contributed by atoms with E-state index in [4.69, 9.17) is 10.5 Å². The van der Waals surface area contributed by atoms with E-state index in [2.05, 4.69) is 55.7 Å². The maximum Gasteiger partial charge on any atom is 0.160 e. The summed E-state index contributed by atoms with van der Waals surface area (Å²) in [6.07, 6.45) is 20.8. The number of carbonyl (C=O) groups excluding carboxylic acids is 2. The van der Waals surface area contributed by atoms with E-state index in [-0.39, 0.29) is 65.3 Å². The molecule has 8 aliphatic carbocycles. The van der Waals surface area contributed by atoms with Gasteiger partial charge >= 0.3 is 0 Å². The Bertz CT molecular complexity index is 2570. The van der Waals surface area contributed by atoms with Gasteiger partial charge < -0.3 is 41.5 Å². The molecule has 0 radical (unpaired) electrons. The number of carbonyl (C=O) groups is 2. The molecule has 8 N–H and O–H groups in total. The fourth-order valence-corrected chi connectivity index (χ4v) is 21.9. The lowest BCUT2D eigenvalue weighted by Crippen LogP contribution is -2.73. The smallest absolute Gasteiger partial charge is 0.160 e. The number of nitrogens with one attached hydrogen (secondary N) is 2. The number of allylic oxidation sites excluding steroid dienone is 2. The number of aliphatic hydroxyl groups is 3. The van der Waals surface area contributed by atoms with Crippen LogP contribution in [0.4, 0.5) is 5.69 Å². The van der Waals surface area contributed by atoms with Crippen molar-refractivity contribution < 1.29 is 34.8 Å². The number of rotatable bonds is 11. The van der Waals surface area contributed by atoms with E-state index in [0.717, 1.165) is 132 Å². The van der Waals surface area contributed by atoms with Gasteiger partial charge in [0.05, 0.1) is 17.3 Å². The third-order valence-corrected chi connectivity index (χ3v) is 24.8. The lowest BCUT2D eigenvalue weighted by molar-refractivity contribution is -0.231. The summed E-state index contributed by atoms with van der Waals surface area (Å²) in [5.74, 6) is 2.24. The second-order valence-corrected chi connectivity index (χ2v) is 28.5. The number of ether oxygens (including phenoxy) is 1. The van der Waals surface area contributed by atoms with Crippen LogP contribution in [0, 0.1) is 69.0 Å². The van der Waals surface area contributed by atoms with Gasteiger partial charge in [-0.2, -0.15) is 0 Å². The third-order valence-electron chi connectivity index (χ3n) is 24.8. The van der Waals surface area contributed by atoms with Crippen LogP contribution in [0.1, 0.15) is 204 Å². The standard InChI is InChI=1S/C66H95N3O7/c1-61(75)26-10-11-27-62(2)58-52(69-38-61)35-65(28-29-70)54(66(58,43-16-7-8-17-43)34-49(59(62)74)42-30-39(37-68-5)31-45(71)33-42)25-24-51-56(53(72)36-63(51,65)3)55-47-19-9-6-14-40(47)22-23-48(55)57(73)60-64(4,76-60)50-21-13-20-46(50)41-15-12-18-44(67)32-41/h12,15,18,30-33,40,43,46-50,52,54-55,57-58,60,68-71,73,75H,6-11,13-14,16-17,19-29,34-38,67H2,1-5H3/t40-,46-,47-,48+,49-,50+,52-,54-,55+,57+,58-,60+,61+,62+,63-,64+,65-,66+/m0/s1. The summed E-state index contributed by atoms with van der Waals surface area (Å²) >= 11 is 0. The second-order valence-electron chi connectivity index (χ2n) is 28.5. The molecular formula is C66H95N3O7. The highest BCUT2D eigenvalue weighted by atomic mass is 16.6. The van der Waals surface area contributed by atoms with Crippen molar-refractivity contribution in [2.75, 3.05) is 25.9 Å². The molecule has 0 spiro atoms. The normalized spacial score (nSPS) is 45.0. The Morgan fingerprint density at radius 2 is 1.63 bits per heavy atom. The zero-order valence-electron chi connectivity index (χ0n) is 47.0. The first-order chi connectivity index (χ1) is 36.4. The maximum absolute atomic E-state index is 16.1. The summed E-state index contributed by atoms with van der Waals surface area (Å²) in [6, 6.07) is 14.2. The number of benzene rings is 2. The number of nitrogens with two attached hydrogens (primary N) is 1. The molecule has 10 aliphatic rings. The Morgan fingerprint density at radius 3 is 2.41 bits per heavy atom. The molecule has 12 rings (SSSR count). The Kier molecular flexibility index (Phi) is 14.0. The summed E-state index contributed by atoms with van der Waals surface area (Å²) in [4.78, 5) is 32.1. The van der Waals surface area contributed by atoms with Crippen molar-refractivity contribution in [3.05, 3.63) is 70.3 Å². The highest BCUT2D eigenvalue weighted by Gasteiger charge is 2.76. The van der Waals surface area contributed by atoms with Crippen molar-refractivity contribution in [2.45, 2.75) is 223 Å². The quantitative estimate of drug-likeness (QED) is 0.0847. The first kappa shape index (κ1) is 53.5. The van der Waals surface area contributed by atoms with Crippen molar-refractivity contribution in [1.29, 1.82) is 0 Å². The molecule has 7 saturated carbocycles. The summed E-state index contributed by atoms with van der Waals surface area (Å²) in [7, 11) is 1.92. The zero-order valence-corrected chi connectivity index (χ0v) is 47.0. The monoisotopic (exact) mass is 1040 g/mol. The lowest BCUT2D eigenvalue weighted by Gasteiger charge is -2.74. The molecule has 416 valence electrons. The van der Waals surface area contributed by atoms with Crippen LogP contribution < -0.4 is 16.4 Å². The molecule has 76 heavy (non-hydrogen) atoms. The molecule has 0 amide bonds. The number of anilines is 1. The number of phenols is 1. The first-order valence-electron chi connectivity index (χ1n) is 31.0. The SMILES string of the molecule is CNCc1cc(O)cc([C@@H]2C[C@@]3(C4CCCC4)[C@H]4CCC5=C([C@@H]6[C@H]7CCCC[C@H]7CC[C@H]6[C@@H](O)[C@H]6O[C@]6(C)[C@@H]6CCC[C@H]6c6cccc(N)c6)C(=O)C[C@]5(C)[C@@]4(CCO)C[C@@H]4NC[C@](C)(O)CCCC[C@@](C)(C2=O)[C@H]43)c1. The van der Waals surface area contributed by atoms with Gasteiger partial charge in [-0.05, 0) is 221 Å². The van der Waals surface area contributed by atoms with Crippen LogP contribution >= 0.6 is 0 Å². The van der Waals surface area contributed by atoms with Crippen molar-refractivity contribution in [1.82, 2.24) is 10.6 Å². The number of phenolic OH excluding ortho intramolecular Hbond substituents is 1. The summed E-state index contributed by atoms with van der Waals surface area (Å²) in [6.45, 7) is 10.0. The highest BCUT2D eigenvalue weighted by molar-refractivity contribution is 6.01. The second kappa shape index (κ2) is 19.8. The van der Waals surface area contributed by atoms with Crippen molar-refractivity contribution in [2.24, 2.45) is 69.0 Å². The highest BCUT2D eigenvalue weighted by Crippen LogP contribution is 2.79. The van der Waals surface area contributed by atoms with Crippen LogP contribution in [0.3, 0.4) is 0 Å². The first-order valence-corrected chi connectivity index (χ1v) is 31.0. The molecule has 0 unspecified atom stereocenters. The predicted molar refractivity (Wildman–Crippen MR) is 298 cm³/mol. The minimum Gasteiger partial charge on any atom is -0.508 e. The van der Waals surface area contributed by atoms with Gasteiger partial charge in [0.15, 0.2) is 5.78 Å². The molecule has 10 nitrogen and oxygen atoms in total. The number of ketones is 2. The molecule has 2 aromatic rings. The molecule has 0 aromatic heterocycles. The van der Waals surface area contributed by atoms with Crippen LogP contribution in [-0.2, 0) is 20.9 Å². The lowest BCUT2D eigenvalue weighted by atomic mass is 9.30. The third kappa shape index (κ3) is 8.33. The van der Waals surface area contributed by atoms with Gasteiger partial charge in [0.25, 0.3) is 0 Å². The van der Waals surface area contributed by atoms with Gasteiger partial charge in [0.2, 0.25) is 0 Å². The Morgan fingerprint density at radius 1 is 0.855 bits per heavy atom. The molecule has 9 fully saturated rings. The zero-order chi connectivity index (χ0) is 53.2. The van der Waals surface area contributed by atoms with E-state index in [9.17, 15) is 20.4 Å². The van der Waals surface area contributed by atoms with E-state index in [1.54, 1.807) is 0 Å². The van der Waals surface area contributed by atoms with Crippen LogP contribution in [0.2, 0.25) is 0 Å². The average Bonchev–Trinajstić information content (AvgIpc) is 3.97. The molecule has 10 heteroatoms. The predicted octanol–water partition coefficient (Wildman–Crippen LogP) is 11.2. The Balaban J connectivity index is 0.988. The van der Waals surface area contributed by atoms with Crippen molar-refractivity contribution >= 4 is 17.3 Å². The van der Waals surface area contributed by atoms with Crippen molar-refractivity contribution in [3.8, 4) is 5.75 Å². The fourth-order valence-electron chi connectivity index (χ4n) is 21.9. The minimum absolute atomic E-state index is 0.00444. The van der Waals surface area contributed by atoms with Gasteiger partial charge in [0, 0.05) is 54.6 Å². The number of hydrogen-bond acceptors (Lipinski definition) is 10. The number of Topliss-reactive ketones (excluding diaryl/α,β-unsaturated/α-hetero) is 2. The van der Waals surface area contributed by atoms with Crippen molar-refractivity contribution in [3.63, 3.8) is 0 Å². The van der Waals surface area contributed by atoms with Crippen LogP contribution in [0.15, 0.2) is 53.6 Å². The number of β-amino-alcohol motifs (C(OH)–C–C–N with tert-alkyl or cyclic N) is 1. The Labute approximate surface area is 455 Å². The summed E-state index contributed by atoms with van der Waals surface area (Å²) < 4.78 is 6.91. The van der Waals surface area contributed by atoms with E-state index in [1.165, 1.54) is 24.0 Å². The number of hydrogen-bond donors (Lipinski definition) is 7. The van der Waals surface area contributed by atoms with Gasteiger partial charge in [-0.15, -0.1) is 0 Å². The van der Waals surface area contributed by atoms with Gasteiger partial charge in [-0.25, -0.2) is 0 Å². The number of aliphatic hydroxyl groups excluding tert-OH is 2. The average molecular weight is 1040 g/mol. The van der Waals surface area contributed by atoms with Crippen LogP contribution in [-0.4, -0.2) is 81.6 Å². The largest absolute Gasteiger partial charge is 0.508 e. The van der Waals surface area contributed by atoms with Gasteiger partial charge in [0.1, 0.15) is 17.6 Å². The summed E-state index contributed by atoms with van der Waals surface area (Å²) in [5, 5.41) is 55.9. The number of aromatic hydroxyl groups is 1. The maximum atomic E-state index is 16.1. The van der Waals surface area contributed by atoms with Gasteiger partial charge in [-0.3, -0.25) is 9.59 Å². The molecule has 2 aromatic carbocycles. The number of fused-ring (bicyclic) bond motifs is 5. The fraction of sp³-hybridized carbons (Fsp3) is 0.758.